The summed E-state index contributed by atoms with van der Waals surface area (Å²) in [6, 6.07) is 16.0. The number of rotatable bonds is 8. The van der Waals surface area contributed by atoms with Crippen LogP contribution in [0.1, 0.15) is 18.4 Å². The fourth-order valence-electron chi connectivity index (χ4n) is 3.97. The van der Waals surface area contributed by atoms with Crippen LogP contribution in [0.4, 0.5) is 11.4 Å². The van der Waals surface area contributed by atoms with Gasteiger partial charge in [0.1, 0.15) is 18.3 Å². The maximum atomic E-state index is 12.9. The molecule has 1 saturated heterocycles. The van der Waals surface area contributed by atoms with E-state index in [4.69, 9.17) is 4.74 Å². The second-order valence-electron chi connectivity index (χ2n) is 8.10. The number of nitrogens with zero attached hydrogens (tertiary/aromatic N) is 3. The summed E-state index contributed by atoms with van der Waals surface area (Å²) in [5.74, 6) is 0.142. The van der Waals surface area contributed by atoms with Crippen LogP contribution in [0.25, 0.3) is 0 Å². The number of aromatic nitrogens is 2. The zero-order valence-electron chi connectivity index (χ0n) is 18.9. The lowest BCUT2D eigenvalue weighted by Gasteiger charge is -2.23. The van der Waals surface area contributed by atoms with E-state index in [1.807, 2.05) is 30.3 Å². The molecule has 1 atom stereocenters. The van der Waals surface area contributed by atoms with Crippen LogP contribution in [0.5, 0.6) is 5.75 Å². The van der Waals surface area contributed by atoms with Crippen LogP contribution >= 0.6 is 0 Å². The van der Waals surface area contributed by atoms with Crippen molar-refractivity contribution in [2.45, 2.75) is 31.8 Å². The maximum Gasteiger partial charge on any atom is 0.247 e. The molecular formula is C25H27N5O4. The van der Waals surface area contributed by atoms with Gasteiger partial charge in [-0.3, -0.25) is 19.1 Å². The van der Waals surface area contributed by atoms with Gasteiger partial charge in [-0.25, -0.2) is 0 Å². The summed E-state index contributed by atoms with van der Waals surface area (Å²) in [7, 11) is 1.58. The molecule has 34 heavy (non-hydrogen) atoms. The van der Waals surface area contributed by atoms with Crippen molar-refractivity contribution in [1.82, 2.24) is 14.7 Å². The quantitative estimate of drug-likeness (QED) is 0.537. The standard InChI is InChI=1S/C25H27N5O4/c1-34-21-11-9-19(10-12-21)27-23(31)17-29-16-20(15-26-29)28-25(33)22-8-5-13-30(22)24(32)14-18-6-3-2-4-7-18/h2-4,6-7,9-12,15-16,22H,5,8,13-14,17H2,1H3,(H,27,31)(H,28,33). The zero-order valence-corrected chi connectivity index (χ0v) is 18.9. The molecule has 0 spiro atoms. The summed E-state index contributed by atoms with van der Waals surface area (Å²) in [5.41, 5.74) is 2.05. The van der Waals surface area contributed by atoms with Crippen LogP contribution < -0.4 is 15.4 Å². The monoisotopic (exact) mass is 461 g/mol. The van der Waals surface area contributed by atoms with Crippen molar-refractivity contribution in [1.29, 1.82) is 0 Å². The average Bonchev–Trinajstić information content (AvgIpc) is 3.50. The van der Waals surface area contributed by atoms with E-state index in [2.05, 4.69) is 15.7 Å². The molecule has 1 aromatic heterocycles. The first kappa shape index (κ1) is 23.0. The van der Waals surface area contributed by atoms with Gasteiger partial charge in [0.25, 0.3) is 0 Å². The lowest BCUT2D eigenvalue weighted by atomic mass is 10.1. The number of carbonyl (C=O) groups excluding carboxylic acids is 3. The topological polar surface area (TPSA) is 106 Å². The van der Waals surface area contributed by atoms with Crippen LogP contribution in [0.2, 0.25) is 0 Å². The maximum absolute atomic E-state index is 12.9. The van der Waals surface area contributed by atoms with E-state index in [1.165, 1.54) is 10.9 Å². The van der Waals surface area contributed by atoms with Gasteiger partial charge in [-0.15, -0.1) is 0 Å². The van der Waals surface area contributed by atoms with Crippen molar-refractivity contribution in [3.05, 3.63) is 72.6 Å². The van der Waals surface area contributed by atoms with Gasteiger partial charge in [0.15, 0.2) is 0 Å². The van der Waals surface area contributed by atoms with Gasteiger partial charge in [0, 0.05) is 18.4 Å². The SMILES string of the molecule is COc1ccc(NC(=O)Cn2cc(NC(=O)C3CCCN3C(=O)Cc3ccccc3)cn2)cc1. The highest BCUT2D eigenvalue weighted by molar-refractivity contribution is 5.97. The molecule has 2 N–H and O–H groups in total. The Kier molecular flexibility index (Phi) is 7.22. The highest BCUT2D eigenvalue weighted by atomic mass is 16.5. The van der Waals surface area contributed by atoms with Crippen molar-refractivity contribution < 1.29 is 19.1 Å². The van der Waals surface area contributed by atoms with Crippen LogP contribution in [-0.4, -0.2) is 52.1 Å². The molecule has 0 radical (unpaired) electrons. The smallest absolute Gasteiger partial charge is 0.247 e. The van der Waals surface area contributed by atoms with Crippen molar-refractivity contribution in [2.24, 2.45) is 0 Å². The minimum absolute atomic E-state index is 0.00693. The van der Waals surface area contributed by atoms with Gasteiger partial charge in [0.05, 0.1) is 25.4 Å². The van der Waals surface area contributed by atoms with Crippen LogP contribution in [0.15, 0.2) is 67.0 Å². The largest absolute Gasteiger partial charge is 0.497 e. The molecule has 0 aliphatic carbocycles. The summed E-state index contributed by atoms with van der Waals surface area (Å²) in [5, 5.41) is 9.77. The third-order valence-electron chi connectivity index (χ3n) is 5.65. The number of ether oxygens (including phenoxy) is 1. The Morgan fingerprint density at radius 2 is 1.79 bits per heavy atom. The molecule has 3 amide bonds. The minimum atomic E-state index is -0.516. The third kappa shape index (κ3) is 5.80. The Hall–Kier alpha value is -4.14. The van der Waals surface area contributed by atoms with E-state index in [0.29, 0.717) is 30.1 Å². The van der Waals surface area contributed by atoms with Crippen LogP contribution in [0.3, 0.4) is 0 Å². The van der Waals surface area contributed by atoms with E-state index in [1.54, 1.807) is 42.5 Å². The first-order valence-electron chi connectivity index (χ1n) is 11.1. The molecule has 4 rings (SSSR count). The number of carbonyl (C=O) groups is 3. The van der Waals surface area contributed by atoms with Crippen LogP contribution in [-0.2, 0) is 27.3 Å². The molecule has 0 bridgehead atoms. The Morgan fingerprint density at radius 3 is 2.53 bits per heavy atom. The molecule has 2 heterocycles. The number of amides is 3. The van der Waals surface area contributed by atoms with Crippen molar-refractivity contribution in [2.75, 3.05) is 24.3 Å². The van der Waals surface area contributed by atoms with Gasteiger partial charge in [-0.1, -0.05) is 30.3 Å². The summed E-state index contributed by atoms with van der Waals surface area (Å²) >= 11 is 0. The Balaban J connectivity index is 1.30. The number of likely N-dealkylation sites (tertiary alicyclic amines) is 1. The van der Waals surface area contributed by atoms with E-state index in [0.717, 1.165) is 12.0 Å². The summed E-state index contributed by atoms with van der Waals surface area (Å²) in [6.45, 7) is 0.557. The molecule has 9 heteroatoms. The average molecular weight is 462 g/mol. The number of anilines is 2. The lowest BCUT2D eigenvalue weighted by Crippen LogP contribution is -2.43. The second-order valence-corrected chi connectivity index (χ2v) is 8.10. The Bertz CT molecular complexity index is 1140. The van der Waals surface area contributed by atoms with E-state index >= 15 is 0 Å². The lowest BCUT2D eigenvalue weighted by molar-refractivity contribution is -0.136. The molecule has 1 unspecified atom stereocenters. The number of nitrogens with one attached hydrogen (secondary N) is 2. The Labute approximate surface area is 197 Å². The van der Waals surface area contributed by atoms with Crippen molar-refractivity contribution >= 4 is 29.1 Å². The van der Waals surface area contributed by atoms with Gasteiger partial charge in [-0.2, -0.15) is 5.10 Å². The molecule has 176 valence electrons. The predicted octanol–water partition coefficient (Wildman–Crippen LogP) is 2.70. The van der Waals surface area contributed by atoms with Crippen LogP contribution in [0, 0.1) is 0 Å². The van der Waals surface area contributed by atoms with E-state index < -0.39 is 6.04 Å². The highest BCUT2D eigenvalue weighted by Crippen LogP contribution is 2.21. The third-order valence-corrected chi connectivity index (χ3v) is 5.65. The fourth-order valence-corrected chi connectivity index (χ4v) is 3.97. The van der Waals surface area contributed by atoms with E-state index in [-0.39, 0.29) is 30.7 Å². The normalized spacial score (nSPS) is 15.1. The predicted molar refractivity (Wildman–Crippen MR) is 127 cm³/mol. The molecule has 0 saturated carbocycles. The fraction of sp³-hybridized carbons (Fsp3) is 0.280. The number of methoxy groups -OCH3 is 1. The van der Waals surface area contributed by atoms with Gasteiger partial charge in [0.2, 0.25) is 17.7 Å². The minimum Gasteiger partial charge on any atom is -0.497 e. The molecule has 1 aliphatic heterocycles. The number of hydrogen-bond donors (Lipinski definition) is 2. The van der Waals surface area contributed by atoms with Crippen molar-refractivity contribution in [3.8, 4) is 5.75 Å². The first-order valence-corrected chi connectivity index (χ1v) is 11.1. The van der Waals surface area contributed by atoms with E-state index in [9.17, 15) is 14.4 Å². The molecule has 1 fully saturated rings. The molecule has 9 nitrogen and oxygen atoms in total. The van der Waals surface area contributed by atoms with Gasteiger partial charge >= 0.3 is 0 Å². The summed E-state index contributed by atoms with van der Waals surface area (Å²) < 4.78 is 6.55. The number of hydrogen-bond acceptors (Lipinski definition) is 5. The number of benzene rings is 2. The van der Waals surface area contributed by atoms with Gasteiger partial charge in [-0.05, 0) is 42.7 Å². The zero-order chi connectivity index (χ0) is 23.9. The molecule has 1 aliphatic rings. The summed E-state index contributed by atoms with van der Waals surface area (Å²) in [4.78, 5) is 39.6. The second kappa shape index (κ2) is 10.7. The summed E-state index contributed by atoms with van der Waals surface area (Å²) in [6.07, 6.45) is 4.75. The molecule has 2 aromatic carbocycles. The molecular weight excluding hydrogens is 434 g/mol. The molecule has 3 aromatic rings. The Morgan fingerprint density at radius 1 is 1.03 bits per heavy atom. The first-order chi connectivity index (χ1) is 16.5. The van der Waals surface area contributed by atoms with Gasteiger partial charge < -0.3 is 20.3 Å². The highest BCUT2D eigenvalue weighted by Gasteiger charge is 2.34. The van der Waals surface area contributed by atoms with Crippen molar-refractivity contribution in [3.63, 3.8) is 0 Å².